The zero-order chi connectivity index (χ0) is 12.9. The minimum absolute atomic E-state index is 0.266. The molecule has 0 aromatic heterocycles. The molecular weight excluding hydrogens is 240 g/mol. The van der Waals surface area contributed by atoms with Gasteiger partial charge < -0.3 is 10.6 Å². The molecular formula is C10H22N4O2S. The highest BCUT2D eigenvalue weighted by atomic mass is 32.2. The summed E-state index contributed by atoms with van der Waals surface area (Å²) in [5.74, 6) is 0.758. The Morgan fingerprint density at radius 2 is 2.06 bits per heavy atom. The summed E-state index contributed by atoms with van der Waals surface area (Å²) in [5, 5.41) is 0. The molecule has 0 aromatic carbocycles. The normalized spacial score (nSPS) is 20.7. The van der Waals surface area contributed by atoms with Crippen LogP contribution in [0.3, 0.4) is 0 Å². The number of guanidine groups is 1. The molecule has 6 nitrogen and oxygen atoms in total. The Hall–Kier alpha value is -0.820. The molecule has 1 rings (SSSR count). The molecule has 1 saturated heterocycles. The summed E-state index contributed by atoms with van der Waals surface area (Å²) >= 11 is 0. The van der Waals surface area contributed by atoms with Gasteiger partial charge in [-0.15, -0.1) is 0 Å². The Morgan fingerprint density at radius 1 is 1.41 bits per heavy atom. The van der Waals surface area contributed by atoms with Crippen molar-refractivity contribution in [1.82, 2.24) is 9.21 Å². The molecule has 0 unspecified atom stereocenters. The predicted molar refractivity (Wildman–Crippen MR) is 69.4 cm³/mol. The van der Waals surface area contributed by atoms with Crippen molar-refractivity contribution in [3.8, 4) is 0 Å². The molecule has 0 aromatic rings. The number of aliphatic imine (C=N–C) groups is 1. The van der Waals surface area contributed by atoms with E-state index in [1.807, 2.05) is 18.7 Å². The number of nitrogens with two attached hydrogens (primary N) is 1. The van der Waals surface area contributed by atoms with E-state index in [4.69, 9.17) is 5.73 Å². The van der Waals surface area contributed by atoms with Crippen LogP contribution in [0.15, 0.2) is 4.99 Å². The Morgan fingerprint density at radius 3 is 2.53 bits per heavy atom. The van der Waals surface area contributed by atoms with E-state index in [9.17, 15) is 8.42 Å². The monoisotopic (exact) mass is 262 g/mol. The van der Waals surface area contributed by atoms with Gasteiger partial charge in [-0.05, 0) is 20.3 Å². The maximum absolute atomic E-state index is 11.5. The number of hydrogen-bond donors (Lipinski definition) is 1. The SMILES string of the molecule is CCN(CC)C(N)=NCCN1CCCS1(=O)=O. The van der Waals surface area contributed by atoms with Gasteiger partial charge in [0, 0.05) is 26.2 Å². The second kappa shape index (κ2) is 6.20. The highest BCUT2D eigenvalue weighted by Gasteiger charge is 2.27. The van der Waals surface area contributed by atoms with Crippen LogP contribution in [-0.2, 0) is 10.0 Å². The van der Waals surface area contributed by atoms with Gasteiger partial charge in [-0.25, -0.2) is 12.7 Å². The Labute approximate surface area is 104 Å². The summed E-state index contributed by atoms with van der Waals surface area (Å²) in [7, 11) is -3.01. The Balaban J connectivity index is 2.44. The largest absolute Gasteiger partial charge is 0.370 e. The van der Waals surface area contributed by atoms with E-state index in [0.29, 0.717) is 25.6 Å². The van der Waals surface area contributed by atoms with E-state index in [0.717, 1.165) is 19.5 Å². The van der Waals surface area contributed by atoms with Crippen molar-refractivity contribution in [1.29, 1.82) is 0 Å². The van der Waals surface area contributed by atoms with Gasteiger partial charge in [0.15, 0.2) is 5.96 Å². The molecule has 7 heteroatoms. The van der Waals surface area contributed by atoms with Gasteiger partial charge in [0.25, 0.3) is 0 Å². The molecule has 17 heavy (non-hydrogen) atoms. The number of hydrogen-bond acceptors (Lipinski definition) is 3. The van der Waals surface area contributed by atoms with Crippen LogP contribution >= 0.6 is 0 Å². The minimum atomic E-state index is -3.01. The van der Waals surface area contributed by atoms with E-state index in [-0.39, 0.29) is 5.75 Å². The lowest BCUT2D eigenvalue weighted by Crippen LogP contribution is -2.38. The van der Waals surface area contributed by atoms with E-state index in [1.165, 1.54) is 4.31 Å². The third-order valence-corrected chi connectivity index (χ3v) is 4.87. The molecule has 1 heterocycles. The third kappa shape index (κ3) is 3.85. The fourth-order valence-electron chi connectivity index (χ4n) is 1.87. The lowest BCUT2D eigenvalue weighted by atomic mass is 10.5. The zero-order valence-corrected chi connectivity index (χ0v) is 11.4. The smallest absolute Gasteiger partial charge is 0.214 e. The lowest BCUT2D eigenvalue weighted by molar-refractivity contribution is 0.441. The second-order valence-electron chi connectivity index (χ2n) is 3.98. The summed E-state index contributed by atoms with van der Waals surface area (Å²) in [5.41, 5.74) is 5.80. The number of rotatable bonds is 5. The molecule has 0 bridgehead atoms. The summed E-state index contributed by atoms with van der Waals surface area (Å²) in [6, 6.07) is 0. The first-order chi connectivity index (χ1) is 8.01. The van der Waals surface area contributed by atoms with Crippen LogP contribution in [-0.4, -0.2) is 62.1 Å². The van der Waals surface area contributed by atoms with Gasteiger partial charge in [-0.2, -0.15) is 0 Å². The predicted octanol–water partition coefficient (Wildman–Crippen LogP) is -0.322. The maximum atomic E-state index is 11.5. The van der Waals surface area contributed by atoms with Crippen molar-refractivity contribution in [2.75, 3.05) is 38.5 Å². The topological polar surface area (TPSA) is 79.0 Å². The molecule has 100 valence electrons. The van der Waals surface area contributed by atoms with Gasteiger partial charge in [-0.3, -0.25) is 4.99 Å². The first-order valence-electron chi connectivity index (χ1n) is 6.04. The lowest BCUT2D eigenvalue weighted by Gasteiger charge is -2.19. The van der Waals surface area contributed by atoms with Crippen molar-refractivity contribution in [3.05, 3.63) is 0 Å². The van der Waals surface area contributed by atoms with Crippen LogP contribution in [0.1, 0.15) is 20.3 Å². The molecule has 0 radical (unpaired) electrons. The van der Waals surface area contributed by atoms with E-state index in [2.05, 4.69) is 4.99 Å². The summed E-state index contributed by atoms with van der Waals surface area (Å²) in [6.07, 6.45) is 0.720. The molecule has 0 amide bonds. The minimum Gasteiger partial charge on any atom is -0.370 e. The second-order valence-corrected chi connectivity index (χ2v) is 6.07. The van der Waals surface area contributed by atoms with Crippen LogP contribution in [0, 0.1) is 0 Å². The summed E-state index contributed by atoms with van der Waals surface area (Å²) < 4.78 is 24.5. The molecule has 1 fully saturated rings. The molecule has 0 atom stereocenters. The van der Waals surface area contributed by atoms with Gasteiger partial charge in [0.1, 0.15) is 0 Å². The fourth-order valence-corrected chi connectivity index (χ4v) is 3.39. The molecule has 1 aliphatic rings. The number of nitrogens with zero attached hydrogens (tertiary/aromatic N) is 3. The maximum Gasteiger partial charge on any atom is 0.214 e. The standard InChI is InChI=1S/C10H22N4O2S/c1-3-13(4-2)10(11)12-6-8-14-7-5-9-17(14,15)16/h3-9H2,1-2H3,(H2,11,12). The molecule has 2 N–H and O–H groups in total. The molecule has 1 aliphatic heterocycles. The first kappa shape index (κ1) is 14.2. The van der Waals surface area contributed by atoms with E-state index >= 15 is 0 Å². The quantitative estimate of drug-likeness (QED) is 0.544. The molecule has 0 spiro atoms. The van der Waals surface area contributed by atoms with E-state index in [1.54, 1.807) is 0 Å². The van der Waals surface area contributed by atoms with Crippen molar-refractivity contribution >= 4 is 16.0 Å². The van der Waals surface area contributed by atoms with Gasteiger partial charge in [0.2, 0.25) is 10.0 Å². The molecule has 0 aliphatic carbocycles. The van der Waals surface area contributed by atoms with Crippen LogP contribution in [0.25, 0.3) is 0 Å². The van der Waals surface area contributed by atoms with Gasteiger partial charge >= 0.3 is 0 Å². The van der Waals surface area contributed by atoms with Crippen molar-refractivity contribution in [2.45, 2.75) is 20.3 Å². The van der Waals surface area contributed by atoms with Crippen LogP contribution < -0.4 is 5.73 Å². The van der Waals surface area contributed by atoms with E-state index < -0.39 is 10.0 Å². The van der Waals surface area contributed by atoms with Gasteiger partial charge in [-0.1, -0.05) is 0 Å². The Kier molecular flexibility index (Phi) is 5.20. The van der Waals surface area contributed by atoms with Crippen LogP contribution in [0.2, 0.25) is 0 Å². The van der Waals surface area contributed by atoms with Crippen LogP contribution in [0.4, 0.5) is 0 Å². The average molecular weight is 262 g/mol. The van der Waals surface area contributed by atoms with Gasteiger partial charge in [0.05, 0.1) is 12.3 Å². The third-order valence-electron chi connectivity index (χ3n) is 2.91. The first-order valence-corrected chi connectivity index (χ1v) is 7.64. The van der Waals surface area contributed by atoms with Crippen molar-refractivity contribution < 1.29 is 8.42 Å². The van der Waals surface area contributed by atoms with Crippen molar-refractivity contribution in [3.63, 3.8) is 0 Å². The highest BCUT2D eigenvalue weighted by molar-refractivity contribution is 7.89. The average Bonchev–Trinajstić information content (AvgIpc) is 2.60. The van der Waals surface area contributed by atoms with Crippen LogP contribution in [0.5, 0.6) is 0 Å². The zero-order valence-electron chi connectivity index (χ0n) is 10.6. The van der Waals surface area contributed by atoms with Crippen molar-refractivity contribution in [2.24, 2.45) is 10.7 Å². The summed E-state index contributed by atoms with van der Waals surface area (Å²) in [4.78, 5) is 6.15. The number of sulfonamides is 1. The molecule has 0 saturated carbocycles. The highest BCUT2D eigenvalue weighted by Crippen LogP contribution is 2.12. The fraction of sp³-hybridized carbons (Fsp3) is 0.900. The summed E-state index contributed by atoms with van der Waals surface area (Å²) in [6.45, 7) is 7.13. The Bertz CT molecular complexity index is 363.